The molecule has 20 heavy (non-hydrogen) atoms. The van der Waals surface area contributed by atoms with Gasteiger partial charge in [0, 0.05) is 18.4 Å². The van der Waals surface area contributed by atoms with Crippen molar-refractivity contribution >= 4 is 23.4 Å². The average molecular weight is 308 g/mol. The fourth-order valence-electron chi connectivity index (χ4n) is 1.81. The van der Waals surface area contributed by atoms with Gasteiger partial charge in [-0.1, -0.05) is 24.6 Å². The van der Waals surface area contributed by atoms with Crippen LogP contribution in [0.2, 0.25) is 5.02 Å². The van der Waals surface area contributed by atoms with E-state index >= 15 is 0 Å². The van der Waals surface area contributed by atoms with Crippen LogP contribution in [-0.2, 0) is 6.42 Å². The zero-order valence-corrected chi connectivity index (χ0v) is 13.2. The molecule has 2 rings (SSSR count). The maximum Gasteiger partial charge on any atom is 0.105 e. The van der Waals surface area contributed by atoms with Gasteiger partial charge >= 0.3 is 0 Å². The molecule has 0 aromatic carbocycles. The number of halogens is 1. The second-order valence-corrected chi connectivity index (χ2v) is 6.20. The molecule has 3 nitrogen and oxygen atoms in total. The van der Waals surface area contributed by atoms with Crippen molar-refractivity contribution in [1.82, 2.24) is 9.97 Å². The first kappa shape index (κ1) is 15.3. The predicted molar refractivity (Wildman–Crippen MR) is 84.3 cm³/mol. The number of aromatic nitrogens is 2. The normalized spacial score (nSPS) is 12.4. The van der Waals surface area contributed by atoms with Crippen molar-refractivity contribution in [3.8, 4) is 0 Å². The number of aryl methyl sites for hydroxylation is 1. The van der Waals surface area contributed by atoms with E-state index in [1.54, 1.807) is 18.0 Å². The van der Waals surface area contributed by atoms with Crippen LogP contribution in [0.3, 0.4) is 0 Å². The van der Waals surface area contributed by atoms with Crippen molar-refractivity contribution < 1.29 is 0 Å². The Balaban J connectivity index is 2.11. The minimum Gasteiger partial charge on any atom is -0.327 e. The van der Waals surface area contributed by atoms with E-state index in [0.29, 0.717) is 5.02 Å². The first-order valence-corrected chi connectivity index (χ1v) is 7.78. The predicted octanol–water partition coefficient (Wildman–Crippen LogP) is 3.87. The van der Waals surface area contributed by atoms with Gasteiger partial charge in [-0.25, -0.2) is 9.97 Å². The molecule has 1 atom stereocenters. The van der Waals surface area contributed by atoms with Gasteiger partial charge in [0.15, 0.2) is 0 Å². The first-order chi connectivity index (χ1) is 9.58. The smallest absolute Gasteiger partial charge is 0.105 e. The van der Waals surface area contributed by atoms with Gasteiger partial charge in [0.25, 0.3) is 0 Å². The van der Waals surface area contributed by atoms with E-state index in [9.17, 15) is 0 Å². The van der Waals surface area contributed by atoms with Gasteiger partial charge < -0.3 is 5.73 Å². The standard InChI is InChI=1S/C15H18ClN3S/c1-3-13(17)7-11-6-10(2)15(19-8-11)20-14-5-4-12(16)9-18-14/h4-6,8-9,13H,3,7,17H2,1-2H3. The zero-order chi connectivity index (χ0) is 14.5. The molecule has 0 aliphatic carbocycles. The first-order valence-electron chi connectivity index (χ1n) is 6.59. The molecule has 5 heteroatoms. The van der Waals surface area contributed by atoms with E-state index in [1.807, 2.05) is 18.3 Å². The average Bonchev–Trinajstić information content (AvgIpc) is 2.44. The van der Waals surface area contributed by atoms with Gasteiger partial charge in [-0.15, -0.1) is 0 Å². The molecule has 0 saturated heterocycles. The van der Waals surface area contributed by atoms with Crippen LogP contribution >= 0.6 is 23.4 Å². The Morgan fingerprint density at radius 3 is 2.70 bits per heavy atom. The summed E-state index contributed by atoms with van der Waals surface area (Å²) >= 11 is 7.37. The van der Waals surface area contributed by atoms with Gasteiger partial charge in [0.2, 0.25) is 0 Å². The molecule has 2 aromatic heterocycles. The molecule has 0 amide bonds. The molecule has 0 aliphatic heterocycles. The van der Waals surface area contributed by atoms with E-state index in [4.69, 9.17) is 17.3 Å². The van der Waals surface area contributed by atoms with E-state index < -0.39 is 0 Å². The fraction of sp³-hybridized carbons (Fsp3) is 0.333. The van der Waals surface area contributed by atoms with Crippen molar-refractivity contribution in [1.29, 1.82) is 0 Å². The summed E-state index contributed by atoms with van der Waals surface area (Å²) in [4.78, 5) is 8.79. The summed E-state index contributed by atoms with van der Waals surface area (Å²) in [7, 11) is 0. The summed E-state index contributed by atoms with van der Waals surface area (Å²) in [5.41, 5.74) is 8.31. The lowest BCUT2D eigenvalue weighted by Crippen LogP contribution is -2.21. The maximum atomic E-state index is 5.98. The van der Waals surface area contributed by atoms with Crippen molar-refractivity contribution in [2.75, 3.05) is 0 Å². The molecule has 106 valence electrons. The van der Waals surface area contributed by atoms with Crippen LogP contribution < -0.4 is 5.73 Å². The Hall–Kier alpha value is -1.10. The summed E-state index contributed by atoms with van der Waals surface area (Å²) in [6.45, 7) is 4.16. The summed E-state index contributed by atoms with van der Waals surface area (Å²) < 4.78 is 0. The molecule has 0 saturated carbocycles. The highest BCUT2D eigenvalue weighted by Crippen LogP contribution is 2.28. The quantitative estimate of drug-likeness (QED) is 0.911. The maximum absolute atomic E-state index is 5.98. The summed E-state index contributed by atoms with van der Waals surface area (Å²) in [5.74, 6) is 0. The Morgan fingerprint density at radius 1 is 1.30 bits per heavy atom. The number of nitrogens with zero attached hydrogens (tertiary/aromatic N) is 2. The number of pyridine rings is 2. The third-order valence-corrected chi connectivity index (χ3v) is 4.31. The monoisotopic (exact) mass is 307 g/mol. The van der Waals surface area contributed by atoms with Gasteiger partial charge in [-0.3, -0.25) is 0 Å². The summed E-state index contributed by atoms with van der Waals surface area (Å²) in [6, 6.07) is 6.09. The summed E-state index contributed by atoms with van der Waals surface area (Å²) in [5, 5.41) is 2.50. The molecular formula is C15H18ClN3S. The molecule has 0 spiro atoms. The van der Waals surface area contributed by atoms with Crippen LogP contribution in [0.5, 0.6) is 0 Å². The van der Waals surface area contributed by atoms with Crippen molar-refractivity contribution in [3.05, 3.63) is 46.7 Å². The second-order valence-electron chi connectivity index (χ2n) is 4.75. The lowest BCUT2D eigenvalue weighted by Gasteiger charge is -2.10. The number of hydrogen-bond acceptors (Lipinski definition) is 4. The van der Waals surface area contributed by atoms with E-state index in [-0.39, 0.29) is 6.04 Å². The lowest BCUT2D eigenvalue weighted by atomic mass is 10.1. The number of rotatable bonds is 5. The second kappa shape index (κ2) is 7.07. The molecule has 2 heterocycles. The van der Waals surface area contributed by atoms with Gasteiger partial charge in [-0.05, 0) is 54.8 Å². The van der Waals surface area contributed by atoms with Crippen LogP contribution in [0.25, 0.3) is 0 Å². The minimum atomic E-state index is 0.202. The fourth-order valence-corrected chi connectivity index (χ4v) is 2.68. The molecule has 2 aromatic rings. The van der Waals surface area contributed by atoms with Crippen LogP contribution in [0.4, 0.5) is 0 Å². The SMILES string of the molecule is CCC(N)Cc1cnc(Sc2ccc(Cl)cn2)c(C)c1. The molecule has 2 N–H and O–H groups in total. The Morgan fingerprint density at radius 2 is 2.10 bits per heavy atom. The van der Waals surface area contributed by atoms with Crippen LogP contribution in [-0.4, -0.2) is 16.0 Å². The minimum absolute atomic E-state index is 0.202. The Kier molecular flexibility index (Phi) is 5.40. The van der Waals surface area contributed by atoms with Crippen molar-refractivity contribution in [2.45, 2.75) is 42.8 Å². The number of nitrogens with two attached hydrogens (primary N) is 1. The number of hydrogen-bond donors (Lipinski definition) is 1. The van der Waals surface area contributed by atoms with Gasteiger partial charge in [0.05, 0.1) is 5.02 Å². The lowest BCUT2D eigenvalue weighted by molar-refractivity contribution is 0.644. The highest BCUT2D eigenvalue weighted by Gasteiger charge is 2.07. The topological polar surface area (TPSA) is 51.8 Å². The molecule has 0 aliphatic rings. The molecule has 0 fully saturated rings. The molecule has 0 radical (unpaired) electrons. The van der Waals surface area contributed by atoms with Crippen LogP contribution in [0.1, 0.15) is 24.5 Å². The highest BCUT2D eigenvalue weighted by molar-refractivity contribution is 7.99. The molecular weight excluding hydrogens is 290 g/mol. The van der Waals surface area contributed by atoms with Crippen LogP contribution in [0.15, 0.2) is 40.6 Å². The van der Waals surface area contributed by atoms with Gasteiger partial charge in [-0.2, -0.15) is 0 Å². The Bertz CT molecular complexity index is 572. The van der Waals surface area contributed by atoms with E-state index in [2.05, 4.69) is 29.9 Å². The van der Waals surface area contributed by atoms with E-state index in [0.717, 1.165) is 28.5 Å². The van der Waals surface area contributed by atoms with Gasteiger partial charge in [0.1, 0.15) is 10.1 Å². The van der Waals surface area contributed by atoms with Crippen molar-refractivity contribution in [2.24, 2.45) is 5.73 Å². The zero-order valence-electron chi connectivity index (χ0n) is 11.6. The van der Waals surface area contributed by atoms with E-state index in [1.165, 1.54) is 5.56 Å². The highest BCUT2D eigenvalue weighted by atomic mass is 35.5. The van der Waals surface area contributed by atoms with Crippen molar-refractivity contribution in [3.63, 3.8) is 0 Å². The largest absolute Gasteiger partial charge is 0.327 e. The third-order valence-electron chi connectivity index (χ3n) is 3.01. The third kappa shape index (κ3) is 4.20. The molecule has 1 unspecified atom stereocenters. The molecule has 0 bridgehead atoms. The Labute approximate surface area is 129 Å². The summed E-state index contributed by atoms with van der Waals surface area (Å²) in [6.07, 6.45) is 5.40. The van der Waals surface area contributed by atoms with Crippen LogP contribution in [0, 0.1) is 6.92 Å².